The van der Waals surface area contributed by atoms with Crippen LogP contribution in [-0.4, -0.2) is 161 Å². The number of fused-ring (bicyclic) bond motifs is 16. The summed E-state index contributed by atoms with van der Waals surface area (Å²) in [4.78, 5) is 136. The number of phenols is 1. The van der Waals surface area contributed by atoms with Crippen LogP contribution in [0.4, 0.5) is 0 Å². The Labute approximate surface area is 554 Å². The minimum Gasteiger partial charge on any atom is -0.508 e. The fraction of sp³-hybridized carbons (Fsp3) is 0.311. The smallest absolute Gasteiger partial charge is 0.271 e. The molecule has 26 nitrogen and oxygen atoms in total. The van der Waals surface area contributed by atoms with Crippen LogP contribution in [0.15, 0.2) is 93.6 Å². The molecule has 12 rings (SSSR count). The number of carbonyl (C=O) groups excluding carboxylic acids is 7. The van der Waals surface area contributed by atoms with Crippen LogP contribution in [0.3, 0.4) is 0 Å². The highest BCUT2D eigenvalue weighted by Gasteiger charge is 2.46. The summed E-state index contributed by atoms with van der Waals surface area (Å²) in [5, 5.41) is 43.8. The number of rotatable bonds is 14. The molecule has 0 unspecified atom stereocenters. The summed E-state index contributed by atoms with van der Waals surface area (Å²) in [5.41, 5.74) is 14.4. The van der Waals surface area contributed by atoms with E-state index in [1.807, 2.05) is 6.92 Å². The number of nitrogens with zero attached hydrogens (tertiary/aromatic N) is 9. The van der Waals surface area contributed by atoms with Gasteiger partial charge in [-0.15, -0.1) is 68.0 Å². The Morgan fingerprint density at radius 3 is 2.13 bits per heavy atom. The van der Waals surface area contributed by atoms with Crippen LogP contribution >= 0.6 is 68.0 Å². The number of thiazole rings is 6. The van der Waals surface area contributed by atoms with Gasteiger partial charge in [-0.2, -0.15) is 0 Å². The highest BCUT2D eigenvalue weighted by Crippen LogP contribution is 2.43. The molecular weight excluding hydrogens is 1310 g/mol. The zero-order valence-corrected chi connectivity index (χ0v) is 54.4. The van der Waals surface area contributed by atoms with Gasteiger partial charge >= 0.3 is 0 Å². The van der Waals surface area contributed by atoms with E-state index in [2.05, 4.69) is 31.2 Å². The number of amides is 7. The van der Waals surface area contributed by atoms with E-state index in [0.29, 0.717) is 90.7 Å². The van der Waals surface area contributed by atoms with Gasteiger partial charge in [0, 0.05) is 82.4 Å². The van der Waals surface area contributed by atoms with Crippen molar-refractivity contribution in [2.24, 2.45) is 17.4 Å². The maximum atomic E-state index is 15.4. The summed E-state index contributed by atoms with van der Waals surface area (Å²) in [7, 11) is 0. The molecule has 2 aromatic carbocycles. The van der Waals surface area contributed by atoms with Crippen LogP contribution in [0.2, 0.25) is 0 Å². The average Bonchev–Trinajstić information content (AvgIpc) is 2.03. The van der Waals surface area contributed by atoms with Crippen LogP contribution in [0, 0.1) is 12.8 Å². The highest BCUT2D eigenvalue weighted by molar-refractivity contribution is 7.15. The molecule has 0 aliphatic carbocycles. The molecule has 3 aliphatic rings. The topological polar surface area (TPSA) is 375 Å². The van der Waals surface area contributed by atoms with Crippen molar-refractivity contribution in [3.63, 3.8) is 0 Å². The van der Waals surface area contributed by atoms with E-state index < -0.39 is 96.7 Å². The van der Waals surface area contributed by atoms with Crippen LogP contribution in [-0.2, 0) is 30.3 Å². The van der Waals surface area contributed by atoms with E-state index in [-0.39, 0.29) is 51.5 Å². The van der Waals surface area contributed by atoms with Crippen molar-refractivity contribution in [3.8, 4) is 49.1 Å². The van der Waals surface area contributed by atoms with E-state index in [4.69, 9.17) is 50.8 Å². The number of nitrogens with two attached hydrogens (primary N) is 2. The SMILES string of the molecule is Cc1sc2nc1C(=O)N[C@@H]([C@H](OCC(=O)NCCN1CCOCC1)c1ccccc1)c1nc(cs1)C(=O)N[C@@H](Cc1ccc(O)cc1)C(=O)N1C[C@H](O)[C@H](C)[C@H]1c1nc(cs1)-c1nc(cs1)-c1nc(-c3nc(C(N)=O)cs3)ccc1-c1nc(cs1)C(=O)N[C@H]2CC(N)=O. The number of hydrogen-bond donors (Lipinski definition) is 8. The van der Waals surface area contributed by atoms with Gasteiger partial charge in [0.2, 0.25) is 17.7 Å². The molecule has 10 heterocycles. The molecule has 10 N–H and O–H groups in total. The Bertz CT molecular complexity index is 4260. The monoisotopic (exact) mass is 1370 g/mol. The molecule has 7 aromatic heterocycles. The lowest BCUT2D eigenvalue weighted by molar-refractivity contribution is -0.134. The molecule has 7 amide bonds. The van der Waals surface area contributed by atoms with E-state index in [9.17, 15) is 34.2 Å². The largest absolute Gasteiger partial charge is 0.508 e. The van der Waals surface area contributed by atoms with Gasteiger partial charge < -0.3 is 57.3 Å². The van der Waals surface area contributed by atoms with Gasteiger partial charge in [0.1, 0.15) is 100 Å². The van der Waals surface area contributed by atoms with Crippen LogP contribution in [0.1, 0.15) is 111 Å². The van der Waals surface area contributed by atoms with Crippen LogP contribution in [0.5, 0.6) is 5.75 Å². The predicted octanol–water partition coefficient (Wildman–Crippen LogP) is 5.86. The number of morpholine rings is 1. The molecule has 10 bridgehead atoms. The third kappa shape index (κ3) is 14.6. The summed E-state index contributed by atoms with van der Waals surface area (Å²) >= 11 is 6.90. The zero-order chi connectivity index (χ0) is 65.0. The molecule has 7 atom stereocenters. The number of hydrogen-bond acceptors (Lipinski definition) is 25. The Morgan fingerprint density at radius 1 is 0.710 bits per heavy atom. The molecule has 2 fully saturated rings. The maximum absolute atomic E-state index is 15.4. The first-order chi connectivity index (χ1) is 44.9. The fourth-order valence-corrected chi connectivity index (χ4v) is 16.2. The van der Waals surface area contributed by atoms with Crippen molar-refractivity contribution >= 4 is 109 Å². The normalized spacial score (nSPS) is 20.1. The van der Waals surface area contributed by atoms with Gasteiger partial charge in [0.15, 0.2) is 0 Å². The molecule has 9 aromatic rings. The highest BCUT2D eigenvalue weighted by atomic mass is 32.1. The number of aromatic hydroxyl groups is 1. The van der Waals surface area contributed by atoms with Crippen molar-refractivity contribution in [3.05, 3.63) is 147 Å². The Morgan fingerprint density at radius 2 is 1.38 bits per heavy atom. The lowest BCUT2D eigenvalue weighted by Crippen LogP contribution is -2.50. The first-order valence-corrected chi connectivity index (χ1v) is 34.4. The van der Waals surface area contributed by atoms with Gasteiger partial charge in [-0.25, -0.2) is 34.9 Å². The minimum absolute atomic E-state index is 0.0112. The number of aliphatic hydroxyl groups excluding tert-OH is 1. The van der Waals surface area contributed by atoms with Gasteiger partial charge in [-0.3, -0.25) is 38.5 Å². The van der Waals surface area contributed by atoms with Crippen molar-refractivity contribution < 1.29 is 53.2 Å². The maximum Gasteiger partial charge on any atom is 0.271 e. The van der Waals surface area contributed by atoms with E-state index in [1.54, 1.807) is 72.3 Å². The van der Waals surface area contributed by atoms with Crippen molar-refractivity contribution in [1.29, 1.82) is 0 Å². The second-order valence-electron chi connectivity index (χ2n) is 22.0. The number of aliphatic hydroxyl groups is 1. The molecule has 2 saturated heterocycles. The number of benzene rings is 2. The Kier molecular flexibility index (Phi) is 19.6. The minimum atomic E-state index is -1.27. The lowest BCUT2D eigenvalue weighted by atomic mass is 10.00. The van der Waals surface area contributed by atoms with Gasteiger partial charge in [-0.1, -0.05) is 49.4 Å². The summed E-state index contributed by atoms with van der Waals surface area (Å²) in [6.45, 7) is 6.44. The number of aromatic nitrogens is 7. The molecular formula is C61H59N15O11S6. The fourth-order valence-electron chi connectivity index (χ4n) is 10.9. The number of nitrogens with one attached hydrogen (secondary N) is 4. The lowest BCUT2D eigenvalue weighted by Gasteiger charge is -2.29. The number of ether oxygens (including phenoxy) is 2. The summed E-state index contributed by atoms with van der Waals surface area (Å²) in [6.07, 6.45) is -2.60. The molecule has 3 aliphatic heterocycles. The number of phenolic OH excluding ortho intramolecular Hbond substituents is 1. The summed E-state index contributed by atoms with van der Waals surface area (Å²) < 4.78 is 12.0. The molecule has 0 spiro atoms. The van der Waals surface area contributed by atoms with Gasteiger partial charge in [0.05, 0.1) is 43.5 Å². The van der Waals surface area contributed by atoms with Crippen molar-refractivity contribution in [2.45, 2.75) is 63.1 Å². The second kappa shape index (κ2) is 28.3. The first-order valence-electron chi connectivity index (χ1n) is 29.2. The van der Waals surface area contributed by atoms with Crippen molar-refractivity contribution in [2.75, 3.05) is 52.5 Å². The molecule has 0 saturated carbocycles. The molecule has 32 heteroatoms. The Balaban J connectivity index is 0.944. The van der Waals surface area contributed by atoms with Crippen LogP contribution < -0.4 is 32.7 Å². The van der Waals surface area contributed by atoms with Gasteiger partial charge in [-0.05, 0) is 42.3 Å². The van der Waals surface area contributed by atoms with Crippen molar-refractivity contribution in [1.82, 2.24) is 66.0 Å². The Hall–Kier alpha value is -8.70. The zero-order valence-electron chi connectivity index (χ0n) is 49.5. The summed E-state index contributed by atoms with van der Waals surface area (Å²) in [6, 6.07) is 14.1. The number of carbonyl (C=O) groups is 7. The third-order valence-electron chi connectivity index (χ3n) is 15.7. The first kappa shape index (κ1) is 64.4. The standard InChI is InChI=1S/C61H59N15O11S6/c1-29-43(78)22-76-49(29)60-72-42(28-92-60)57-68-38(24-89-57)47-34(12-13-35(65-47)56-69-39(25-90-56)51(63)81)55-70-40(26-88-55)52(82)66-36(21-44(62)79)58-74-46(30(2)93-58)54(84)73-48(50(32-6-4-3-5-7-32)87-23-45(80)64-14-15-75-16-18-86-19-17-75)59-71-41(27-91-59)53(83)67-37(61(76)85)20-31-8-10-33(77)11-9-31/h3-13,24-29,36-37,43,48-50,77-78H,14-23H2,1-2H3,(H2,62,79)(H2,63,81)(H,64,80)(H,66,82)(H,67,83)(H,73,84)/t29-,36-,37-,43-,48-,49-,50+/m0/s1. The number of pyridine rings is 1. The van der Waals surface area contributed by atoms with E-state index in [0.717, 1.165) is 47.1 Å². The van der Waals surface area contributed by atoms with Crippen LogP contribution in [0.25, 0.3) is 43.4 Å². The third-order valence-corrected chi connectivity index (χ3v) is 21.2. The number of aryl methyl sites for hydroxylation is 1. The van der Waals surface area contributed by atoms with E-state index >= 15 is 9.59 Å². The molecule has 0 radical (unpaired) electrons. The quantitative estimate of drug-likeness (QED) is 0.0632. The average molecular weight is 1370 g/mol. The second-order valence-corrected chi connectivity index (χ2v) is 27.6. The van der Waals surface area contributed by atoms with E-state index in [1.165, 1.54) is 67.2 Å². The predicted molar refractivity (Wildman–Crippen MR) is 348 cm³/mol. The molecule has 93 heavy (non-hydrogen) atoms. The van der Waals surface area contributed by atoms with Gasteiger partial charge in [0.25, 0.3) is 23.6 Å². The molecule has 480 valence electrons. The number of primary amides is 2. The summed E-state index contributed by atoms with van der Waals surface area (Å²) in [5.74, 6) is -5.21.